The molecule has 0 saturated carbocycles. The van der Waals surface area contributed by atoms with Gasteiger partial charge in [0.05, 0.1) is 11.6 Å². The number of hydrogen-bond acceptors (Lipinski definition) is 3. The smallest absolute Gasteiger partial charge is 0.245 e. The lowest BCUT2D eigenvalue weighted by atomic mass is 10.0. The van der Waals surface area contributed by atoms with Crippen molar-refractivity contribution in [3.05, 3.63) is 29.0 Å². The zero-order valence-electron chi connectivity index (χ0n) is 11.6. The van der Waals surface area contributed by atoms with Crippen LogP contribution in [0.1, 0.15) is 25.8 Å². The first-order chi connectivity index (χ1) is 9.47. The molecular formula is C14H18ClN3O2. The number of aromatic nitrogens is 1. The van der Waals surface area contributed by atoms with E-state index in [0.29, 0.717) is 23.9 Å². The Hall–Kier alpha value is -1.62. The molecule has 0 bridgehead atoms. The SMILES string of the molecule is CC(C)CC1NC(=O)CN(Cc2ccncc2Cl)C1=O. The second-order valence-electron chi connectivity index (χ2n) is 5.41. The van der Waals surface area contributed by atoms with Gasteiger partial charge in [0.2, 0.25) is 11.8 Å². The van der Waals surface area contributed by atoms with Gasteiger partial charge < -0.3 is 10.2 Å². The van der Waals surface area contributed by atoms with Crippen molar-refractivity contribution in [2.45, 2.75) is 32.9 Å². The van der Waals surface area contributed by atoms with Crippen LogP contribution < -0.4 is 5.32 Å². The van der Waals surface area contributed by atoms with Gasteiger partial charge in [-0.1, -0.05) is 25.4 Å². The van der Waals surface area contributed by atoms with Crippen molar-refractivity contribution in [3.8, 4) is 0 Å². The second-order valence-corrected chi connectivity index (χ2v) is 5.82. The number of rotatable bonds is 4. The molecule has 1 fully saturated rings. The summed E-state index contributed by atoms with van der Waals surface area (Å²) in [5.74, 6) is 0.167. The van der Waals surface area contributed by atoms with Gasteiger partial charge in [-0.2, -0.15) is 0 Å². The summed E-state index contributed by atoms with van der Waals surface area (Å²) in [7, 11) is 0. The molecule has 0 radical (unpaired) electrons. The summed E-state index contributed by atoms with van der Waals surface area (Å²) in [6.07, 6.45) is 3.81. The maximum atomic E-state index is 12.4. The van der Waals surface area contributed by atoms with E-state index >= 15 is 0 Å². The third kappa shape index (κ3) is 3.48. The Morgan fingerprint density at radius 3 is 2.90 bits per heavy atom. The van der Waals surface area contributed by atoms with Crippen LogP contribution in [0.25, 0.3) is 0 Å². The van der Waals surface area contributed by atoms with Crippen LogP contribution in [0.15, 0.2) is 18.5 Å². The van der Waals surface area contributed by atoms with E-state index in [1.54, 1.807) is 17.2 Å². The van der Waals surface area contributed by atoms with Crippen molar-refractivity contribution in [1.82, 2.24) is 15.2 Å². The van der Waals surface area contributed by atoms with Crippen LogP contribution in [0, 0.1) is 5.92 Å². The van der Waals surface area contributed by atoms with Crippen LogP contribution in [0.5, 0.6) is 0 Å². The highest BCUT2D eigenvalue weighted by Gasteiger charge is 2.33. The monoisotopic (exact) mass is 295 g/mol. The van der Waals surface area contributed by atoms with Crippen molar-refractivity contribution < 1.29 is 9.59 Å². The molecule has 0 aliphatic carbocycles. The zero-order valence-corrected chi connectivity index (χ0v) is 12.4. The van der Waals surface area contributed by atoms with Crippen LogP contribution >= 0.6 is 11.6 Å². The number of hydrogen-bond donors (Lipinski definition) is 1. The fraction of sp³-hybridized carbons (Fsp3) is 0.500. The quantitative estimate of drug-likeness (QED) is 0.918. The highest BCUT2D eigenvalue weighted by molar-refractivity contribution is 6.31. The van der Waals surface area contributed by atoms with Crippen LogP contribution in [-0.4, -0.2) is 34.3 Å². The maximum absolute atomic E-state index is 12.4. The number of amides is 2. The molecule has 1 unspecified atom stereocenters. The number of carbonyl (C=O) groups excluding carboxylic acids is 2. The fourth-order valence-electron chi connectivity index (χ4n) is 2.28. The van der Waals surface area contributed by atoms with Gasteiger partial charge in [-0.25, -0.2) is 0 Å². The average molecular weight is 296 g/mol. The molecule has 1 aromatic heterocycles. The van der Waals surface area contributed by atoms with E-state index in [-0.39, 0.29) is 18.4 Å². The number of pyridine rings is 1. The van der Waals surface area contributed by atoms with E-state index < -0.39 is 6.04 Å². The Morgan fingerprint density at radius 1 is 1.50 bits per heavy atom. The summed E-state index contributed by atoms with van der Waals surface area (Å²) >= 11 is 6.05. The minimum Gasteiger partial charge on any atom is -0.343 e. The van der Waals surface area contributed by atoms with E-state index in [1.165, 1.54) is 6.20 Å². The van der Waals surface area contributed by atoms with Crippen molar-refractivity contribution in [2.75, 3.05) is 6.54 Å². The van der Waals surface area contributed by atoms with E-state index in [4.69, 9.17) is 11.6 Å². The van der Waals surface area contributed by atoms with Crippen LogP contribution in [0.4, 0.5) is 0 Å². The van der Waals surface area contributed by atoms with Crippen molar-refractivity contribution in [3.63, 3.8) is 0 Å². The summed E-state index contributed by atoms with van der Waals surface area (Å²) < 4.78 is 0. The lowest BCUT2D eigenvalue weighted by Gasteiger charge is -2.33. The molecule has 6 heteroatoms. The van der Waals surface area contributed by atoms with Crippen molar-refractivity contribution in [2.24, 2.45) is 5.92 Å². The Morgan fingerprint density at radius 2 is 2.25 bits per heavy atom. The Balaban J connectivity index is 2.12. The van der Waals surface area contributed by atoms with E-state index in [9.17, 15) is 9.59 Å². The zero-order chi connectivity index (χ0) is 14.7. The predicted octanol–water partition coefficient (Wildman–Crippen LogP) is 1.61. The number of nitrogens with zero attached hydrogens (tertiary/aromatic N) is 2. The second kappa shape index (κ2) is 6.22. The van der Waals surface area contributed by atoms with Crippen molar-refractivity contribution >= 4 is 23.4 Å². The fourth-order valence-corrected chi connectivity index (χ4v) is 2.46. The molecule has 2 rings (SSSR count). The third-order valence-corrected chi connectivity index (χ3v) is 3.54. The molecule has 20 heavy (non-hydrogen) atoms. The first kappa shape index (κ1) is 14.8. The third-order valence-electron chi connectivity index (χ3n) is 3.20. The Labute approximate surface area is 123 Å². The van der Waals surface area contributed by atoms with Gasteiger partial charge in [0.15, 0.2) is 0 Å². The molecule has 0 spiro atoms. The van der Waals surface area contributed by atoms with E-state index in [0.717, 1.165) is 5.56 Å². The summed E-state index contributed by atoms with van der Waals surface area (Å²) in [4.78, 5) is 29.6. The molecule has 108 valence electrons. The molecule has 1 saturated heterocycles. The molecule has 1 atom stereocenters. The number of piperazine rings is 1. The van der Waals surface area contributed by atoms with Crippen LogP contribution in [0.3, 0.4) is 0 Å². The first-order valence-corrected chi connectivity index (χ1v) is 7.01. The van der Waals surface area contributed by atoms with E-state index in [1.807, 2.05) is 13.8 Å². The van der Waals surface area contributed by atoms with Gasteiger partial charge in [-0.3, -0.25) is 14.6 Å². The van der Waals surface area contributed by atoms with Gasteiger partial charge in [0, 0.05) is 18.9 Å². The van der Waals surface area contributed by atoms with Gasteiger partial charge in [0.1, 0.15) is 6.04 Å². The Bertz CT molecular complexity index is 519. The average Bonchev–Trinajstić information content (AvgIpc) is 2.37. The summed E-state index contributed by atoms with van der Waals surface area (Å²) in [6.45, 7) is 4.46. The predicted molar refractivity (Wildman–Crippen MR) is 76.0 cm³/mol. The minimum atomic E-state index is -0.433. The molecule has 5 nitrogen and oxygen atoms in total. The molecule has 1 aliphatic heterocycles. The largest absolute Gasteiger partial charge is 0.343 e. The normalized spacial score (nSPS) is 19.4. The maximum Gasteiger partial charge on any atom is 0.245 e. The first-order valence-electron chi connectivity index (χ1n) is 6.64. The highest BCUT2D eigenvalue weighted by Crippen LogP contribution is 2.18. The summed E-state index contributed by atoms with van der Waals surface area (Å²) in [6, 6.07) is 1.33. The van der Waals surface area contributed by atoms with Crippen LogP contribution in [0.2, 0.25) is 5.02 Å². The van der Waals surface area contributed by atoms with E-state index in [2.05, 4.69) is 10.3 Å². The van der Waals surface area contributed by atoms with Crippen molar-refractivity contribution in [1.29, 1.82) is 0 Å². The molecule has 2 heterocycles. The topological polar surface area (TPSA) is 62.3 Å². The van der Waals surface area contributed by atoms with Gasteiger partial charge in [-0.15, -0.1) is 0 Å². The molecule has 1 aromatic rings. The van der Waals surface area contributed by atoms with Gasteiger partial charge >= 0.3 is 0 Å². The van der Waals surface area contributed by atoms with Gasteiger partial charge in [-0.05, 0) is 24.0 Å². The highest BCUT2D eigenvalue weighted by atomic mass is 35.5. The molecule has 1 N–H and O–H groups in total. The molecule has 0 aromatic carbocycles. The number of carbonyl (C=O) groups is 2. The van der Waals surface area contributed by atoms with Gasteiger partial charge in [0.25, 0.3) is 0 Å². The Kier molecular flexibility index (Phi) is 4.60. The number of nitrogens with one attached hydrogen (secondary N) is 1. The molecule has 2 amide bonds. The summed E-state index contributed by atoms with van der Waals surface area (Å²) in [5.41, 5.74) is 0.799. The van der Waals surface area contributed by atoms with Crippen LogP contribution in [-0.2, 0) is 16.1 Å². The molecule has 1 aliphatic rings. The standard InChI is InChI=1S/C14H18ClN3O2/c1-9(2)5-12-14(20)18(8-13(19)17-12)7-10-3-4-16-6-11(10)15/h3-4,6,9,12H,5,7-8H2,1-2H3,(H,17,19). The molecular weight excluding hydrogens is 278 g/mol. The number of halogens is 1. The minimum absolute atomic E-state index is 0.0498. The lowest BCUT2D eigenvalue weighted by molar-refractivity contribution is -0.145. The summed E-state index contributed by atoms with van der Waals surface area (Å²) in [5, 5.41) is 3.26. The lowest BCUT2D eigenvalue weighted by Crippen LogP contribution is -2.57.